The molecular formula is C21H23ClF2N2O. The molecule has 1 amide bonds. The molecule has 1 fully saturated rings. The van der Waals surface area contributed by atoms with Crippen LogP contribution in [0.25, 0.3) is 0 Å². The summed E-state index contributed by atoms with van der Waals surface area (Å²) >= 11 is 5.69. The van der Waals surface area contributed by atoms with Gasteiger partial charge in [0.1, 0.15) is 11.5 Å². The number of benzene rings is 1. The first kappa shape index (κ1) is 11.7. The predicted octanol–water partition coefficient (Wildman–Crippen LogP) is 5.15. The Bertz CT molecular complexity index is 1130. The zero-order valence-electron chi connectivity index (χ0n) is 22.5. The van der Waals surface area contributed by atoms with Crippen molar-refractivity contribution >= 4 is 17.5 Å². The standard InChI is InChI=1S/C21H23ClF2N2O/c1-15-4-6-17(25-14-15)3-2-8-21(24)9-11-26(12-10-21)20(27)16-5-7-19(23)18(22)13-16/h4-7,13-14H,2-3,8-12H2,1H3/i3D2,8D2,9D2,11D2. The summed E-state index contributed by atoms with van der Waals surface area (Å²) in [7, 11) is 0. The molecule has 1 aromatic heterocycles. The van der Waals surface area contributed by atoms with Gasteiger partial charge in [0.2, 0.25) is 0 Å². The van der Waals surface area contributed by atoms with Gasteiger partial charge in [0.05, 0.1) is 5.02 Å². The second-order valence-corrected chi connectivity index (χ2v) is 6.53. The Balaban J connectivity index is 1.95. The molecule has 2 aromatic rings. The number of aromatic nitrogens is 1. The van der Waals surface area contributed by atoms with Gasteiger partial charge in [0, 0.05) is 41.5 Å². The van der Waals surface area contributed by atoms with Crippen LogP contribution in [0.1, 0.15) is 58.2 Å². The van der Waals surface area contributed by atoms with Crippen molar-refractivity contribution in [3.63, 3.8) is 0 Å². The number of aryl methyl sites for hydroxylation is 2. The zero-order valence-corrected chi connectivity index (χ0v) is 15.3. The molecule has 144 valence electrons. The Morgan fingerprint density at radius 1 is 1.44 bits per heavy atom. The van der Waals surface area contributed by atoms with Crippen LogP contribution in [0.5, 0.6) is 0 Å². The van der Waals surface area contributed by atoms with E-state index in [9.17, 15) is 9.18 Å². The molecule has 27 heavy (non-hydrogen) atoms. The molecule has 0 aliphatic carbocycles. The maximum Gasteiger partial charge on any atom is 0.253 e. The van der Waals surface area contributed by atoms with E-state index < -0.39 is 67.4 Å². The molecule has 0 spiro atoms. The van der Waals surface area contributed by atoms with Crippen molar-refractivity contribution in [3.05, 3.63) is 64.2 Å². The van der Waals surface area contributed by atoms with Crippen molar-refractivity contribution in [1.29, 1.82) is 0 Å². The molecule has 0 N–H and O–H groups in total. The lowest BCUT2D eigenvalue weighted by Crippen LogP contribution is -2.44. The first-order valence-electron chi connectivity index (χ1n) is 12.3. The van der Waals surface area contributed by atoms with Gasteiger partial charge < -0.3 is 4.90 Å². The van der Waals surface area contributed by atoms with Crippen LogP contribution < -0.4 is 0 Å². The monoisotopic (exact) mass is 400 g/mol. The van der Waals surface area contributed by atoms with Gasteiger partial charge in [-0.3, -0.25) is 9.78 Å². The molecule has 0 saturated carbocycles. The number of alkyl halides is 1. The Hall–Kier alpha value is -2.01. The molecule has 1 saturated heterocycles. The Kier molecular flexibility index (Phi) is 3.63. The van der Waals surface area contributed by atoms with Gasteiger partial charge in [-0.2, -0.15) is 0 Å². The van der Waals surface area contributed by atoms with E-state index in [1.165, 1.54) is 12.3 Å². The van der Waals surface area contributed by atoms with Gasteiger partial charge in [-0.1, -0.05) is 17.7 Å². The fourth-order valence-corrected chi connectivity index (χ4v) is 2.64. The van der Waals surface area contributed by atoms with Gasteiger partial charge in [0.25, 0.3) is 5.91 Å². The molecule has 1 aliphatic heterocycles. The van der Waals surface area contributed by atoms with Crippen LogP contribution in [0.3, 0.4) is 0 Å². The summed E-state index contributed by atoms with van der Waals surface area (Å²) in [6, 6.07) is 5.70. The van der Waals surface area contributed by atoms with E-state index in [2.05, 4.69) is 4.98 Å². The number of carbonyl (C=O) groups excluding carboxylic acids is 1. The lowest BCUT2D eigenvalue weighted by atomic mass is 9.87. The third kappa shape index (κ3) is 5.04. The summed E-state index contributed by atoms with van der Waals surface area (Å²) in [6.07, 6.45) is -10.0. The van der Waals surface area contributed by atoms with Crippen LogP contribution in [0.2, 0.25) is 5.02 Å². The number of hydrogen-bond donors (Lipinski definition) is 0. The Morgan fingerprint density at radius 3 is 2.96 bits per heavy atom. The summed E-state index contributed by atoms with van der Waals surface area (Å²) in [5.41, 5.74) is -3.23. The molecule has 1 atom stereocenters. The molecular weight excluding hydrogens is 370 g/mol. The van der Waals surface area contributed by atoms with E-state index in [0.717, 1.165) is 23.8 Å². The molecule has 3 rings (SSSR count). The molecule has 3 nitrogen and oxygen atoms in total. The normalized spacial score (nSPS) is 29.1. The number of piperidine rings is 1. The van der Waals surface area contributed by atoms with Crippen LogP contribution in [0.4, 0.5) is 8.78 Å². The summed E-state index contributed by atoms with van der Waals surface area (Å²) in [4.78, 5) is 17.3. The largest absolute Gasteiger partial charge is 0.338 e. The van der Waals surface area contributed by atoms with Crippen LogP contribution in [-0.4, -0.2) is 34.5 Å². The molecule has 1 unspecified atom stereocenters. The lowest BCUT2D eigenvalue weighted by molar-refractivity contribution is 0.0389. The molecule has 0 bridgehead atoms. The van der Waals surface area contributed by atoms with Crippen molar-refractivity contribution in [2.45, 2.75) is 44.6 Å². The average molecular weight is 401 g/mol. The van der Waals surface area contributed by atoms with Gasteiger partial charge in [0.15, 0.2) is 0 Å². The van der Waals surface area contributed by atoms with Crippen molar-refractivity contribution in [1.82, 2.24) is 9.88 Å². The third-order valence-electron chi connectivity index (χ3n) is 4.03. The fraction of sp³-hybridized carbons (Fsp3) is 0.429. The van der Waals surface area contributed by atoms with Gasteiger partial charge in [-0.25, -0.2) is 8.78 Å². The lowest BCUT2D eigenvalue weighted by Gasteiger charge is -2.36. The molecule has 0 radical (unpaired) electrons. The number of pyridine rings is 1. The summed E-state index contributed by atoms with van der Waals surface area (Å²) in [5.74, 6) is -1.91. The molecule has 2 heterocycles. The number of hydrogen-bond acceptors (Lipinski definition) is 2. The van der Waals surface area contributed by atoms with Crippen LogP contribution in [0.15, 0.2) is 36.5 Å². The number of rotatable bonds is 5. The van der Waals surface area contributed by atoms with E-state index in [-0.39, 0.29) is 11.3 Å². The van der Waals surface area contributed by atoms with Crippen LogP contribution in [-0.2, 0) is 6.37 Å². The minimum absolute atomic E-state index is 0.181. The van der Waals surface area contributed by atoms with Gasteiger partial charge in [-0.05, 0) is 68.7 Å². The fourth-order valence-electron chi connectivity index (χ4n) is 2.46. The third-order valence-corrected chi connectivity index (χ3v) is 4.32. The Morgan fingerprint density at radius 2 is 2.26 bits per heavy atom. The zero-order chi connectivity index (χ0) is 26.6. The highest BCUT2D eigenvalue weighted by molar-refractivity contribution is 6.31. The first-order valence-corrected chi connectivity index (χ1v) is 8.64. The topological polar surface area (TPSA) is 33.2 Å². The summed E-state index contributed by atoms with van der Waals surface area (Å²) in [5, 5.41) is -0.417. The van der Waals surface area contributed by atoms with Gasteiger partial charge in [-0.15, -0.1) is 0 Å². The van der Waals surface area contributed by atoms with Crippen molar-refractivity contribution in [2.75, 3.05) is 13.0 Å². The minimum atomic E-state index is -3.60. The predicted molar refractivity (Wildman–Crippen MR) is 102 cm³/mol. The second kappa shape index (κ2) is 8.34. The highest BCUT2D eigenvalue weighted by Crippen LogP contribution is 2.32. The highest BCUT2D eigenvalue weighted by atomic mass is 35.5. The maximum absolute atomic E-state index is 16.3. The summed E-state index contributed by atoms with van der Waals surface area (Å²) < 4.78 is 96.2. The molecule has 6 heteroatoms. The van der Waals surface area contributed by atoms with Gasteiger partial charge >= 0.3 is 0 Å². The molecule has 1 aromatic carbocycles. The van der Waals surface area contributed by atoms with E-state index in [1.54, 1.807) is 13.0 Å². The quantitative estimate of drug-likeness (QED) is 0.695. The second-order valence-electron chi connectivity index (χ2n) is 6.12. The highest BCUT2D eigenvalue weighted by Gasteiger charge is 2.35. The number of carbonyl (C=O) groups is 1. The summed E-state index contributed by atoms with van der Waals surface area (Å²) in [6.45, 7) is -2.35. The smallest absolute Gasteiger partial charge is 0.253 e. The van der Waals surface area contributed by atoms with E-state index in [4.69, 9.17) is 22.6 Å². The Labute approximate surface area is 174 Å². The SMILES string of the molecule is [2H]C([2H])(CC([2H])([2H])C1(F)CCN(C(=O)c2ccc(F)c(Cl)c2)C([2H])([2H])C1([2H])[2H])c1ccc(C)cn1. The van der Waals surface area contributed by atoms with Crippen molar-refractivity contribution < 1.29 is 24.5 Å². The average Bonchev–Trinajstić information content (AvgIpc) is 2.73. The first-order chi connectivity index (χ1) is 15.9. The number of halogens is 3. The van der Waals surface area contributed by atoms with Crippen LogP contribution >= 0.6 is 11.6 Å². The van der Waals surface area contributed by atoms with Crippen molar-refractivity contribution in [2.24, 2.45) is 0 Å². The molecule has 1 aliphatic rings. The number of likely N-dealkylation sites (tertiary alicyclic amines) is 1. The van der Waals surface area contributed by atoms with E-state index in [0.29, 0.717) is 4.90 Å². The van der Waals surface area contributed by atoms with Crippen molar-refractivity contribution in [3.8, 4) is 0 Å². The van der Waals surface area contributed by atoms with Crippen LogP contribution in [0, 0.1) is 12.7 Å². The number of nitrogens with zero attached hydrogens (tertiary/aromatic N) is 2. The van der Waals surface area contributed by atoms with E-state index in [1.807, 2.05) is 0 Å². The maximum atomic E-state index is 16.3. The number of amides is 1. The minimum Gasteiger partial charge on any atom is -0.338 e. The van der Waals surface area contributed by atoms with E-state index >= 15 is 4.39 Å².